The zero-order valence-corrected chi connectivity index (χ0v) is 17.7. The first-order valence-electron chi connectivity index (χ1n) is 10.4. The Bertz CT molecular complexity index is 1130. The van der Waals surface area contributed by atoms with Crippen LogP contribution in [0.2, 0.25) is 0 Å². The minimum absolute atomic E-state index is 0.126. The van der Waals surface area contributed by atoms with Gasteiger partial charge in [0, 0.05) is 17.5 Å². The largest absolute Gasteiger partial charge is 0.493 e. The van der Waals surface area contributed by atoms with Crippen molar-refractivity contribution in [3.63, 3.8) is 0 Å². The molecule has 3 rings (SSSR count). The maximum Gasteiger partial charge on any atom is 0.416 e. The number of aromatic nitrogens is 2. The highest BCUT2D eigenvalue weighted by molar-refractivity contribution is 5.66. The van der Waals surface area contributed by atoms with Gasteiger partial charge in [0.25, 0.3) is 0 Å². The smallest absolute Gasteiger partial charge is 0.416 e. The second-order valence-corrected chi connectivity index (χ2v) is 7.40. The van der Waals surface area contributed by atoms with Gasteiger partial charge in [-0.1, -0.05) is 30.3 Å². The quantitative estimate of drug-likeness (QED) is 0.406. The number of nitriles is 1. The normalized spacial score (nSPS) is 11.2. The summed E-state index contributed by atoms with van der Waals surface area (Å²) in [5.41, 5.74) is 0.757. The Morgan fingerprint density at radius 3 is 2.48 bits per heavy atom. The number of unbranched alkanes of at least 4 members (excludes halogenated alkanes) is 2. The number of nitrogens with zero attached hydrogens (tertiary/aromatic N) is 3. The minimum Gasteiger partial charge on any atom is -0.493 e. The van der Waals surface area contributed by atoms with Gasteiger partial charge in [-0.2, -0.15) is 18.4 Å². The molecule has 0 saturated heterocycles. The van der Waals surface area contributed by atoms with Crippen LogP contribution in [-0.2, 0) is 17.5 Å². The summed E-state index contributed by atoms with van der Waals surface area (Å²) in [7, 11) is 0. The fraction of sp³-hybridized carbons (Fsp3) is 0.292. The van der Waals surface area contributed by atoms with Gasteiger partial charge >= 0.3 is 12.1 Å². The van der Waals surface area contributed by atoms with E-state index in [4.69, 9.17) is 9.84 Å². The van der Waals surface area contributed by atoms with Gasteiger partial charge in [0.05, 0.1) is 24.9 Å². The van der Waals surface area contributed by atoms with Crippen LogP contribution in [0.1, 0.15) is 42.5 Å². The van der Waals surface area contributed by atoms with Gasteiger partial charge in [-0.3, -0.25) is 4.79 Å². The van der Waals surface area contributed by atoms with Gasteiger partial charge in [0.15, 0.2) is 0 Å². The average molecular weight is 457 g/mol. The fourth-order valence-electron chi connectivity index (χ4n) is 3.35. The number of benzene rings is 2. The third kappa shape index (κ3) is 6.35. The van der Waals surface area contributed by atoms with Gasteiger partial charge in [-0.05, 0) is 37.5 Å². The summed E-state index contributed by atoms with van der Waals surface area (Å²) in [4.78, 5) is 14.8. The molecule has 0 amide bonds. The molecule has 172 valence electrons. The summed E-state index contributed by atoms with van der Waals surface area (Å²) in [6, 6.07) is 14.0. The van der Waals surface area contributed by atoms with Crippen molar-refractivity contribution < 1.29 is 27.8 Å². The number of rotatable bonds is 10. The van der Waals surface area contributed by atoms with E-state index in [9.17, 15) is 23.2 Å². The first kappa shape index (κ1) is 23.9. The Morgan fingerprint density at radius 1 is 1.09 bits per heavy atom. The average Bonchev–Trinajstić information content (AvgIpc) is 3.19. The Balaban J connectivity index is 1.77. The van der Waals surface area contributed by atoms with Crippen molar-refractivity contribution in [3.05, 3.63) is 71.5 Å². The monoisotopic (exact) mass is 457 g/mol. The lowest BCUT2D eigenvalue weighted by molar-refractivity contribution is -0.138. The van der Waals surface area contributed by atoms with Crippen molar-refractivity contribution in [2.75, 3.05) is 6.61 Å². The Kier molecular flexibility index (Phi) is 7.72. The molecule has 6 nitrogen and oxygen atoms in total. The lowest BCUT2D eigenvalue weighted by atomic mass is 10.1. The van der Waals surface area contributed by atoms with Crippen LogP contribution in [0.4, 0.5) is 13.2 Å². The molecule has 0 fully saturated rings. The molecule has 0 atom stereocenters. The molecule has 9 heteroatoms. The van der Waals surface area contributed by atoms with E-state index in [1.54, 1.807) is 10.6 Å². The molecule has 0 aliphatic rings. The SMILES string of the molecule is N#Cc1cnc(-c2ccc(C(F)(F)F)cc2)n1Cc1ccccc1OCCCCCC(=O)O. The molecule has 3 aromatic rings. The van der Waals surface area contributed by atoms with Crippen molar-refractivity contribution in [1.29, 1.82) is 5.26 Å². The van der Waals surface area contributed by atoms with Gasteiger partial charge in [-0.25, -0.2) is 4.98 Å². The number of alkyl halides is 3. The molecule has 0 radical (unpaired) electrons. The number of aliphatic carboxylic acids is 1. The van der Waals surface area contributed by atoms with E-state index < -0.39 is 17.7 Å². The molecule has 0 spiro atoms. The Hall–Kier alpha value is -3.80. The van der Waals surface area contributed by atoms with Crippen molar-refractivity contribution in [2.24, 2.45) is 0 Å². The van der Waals surface area contributed by atoms with E-state index in [1.165, 1.54) is 18.3 Å². The third-order valence-electron chi connectivity index (χ3n) is 5.03. The second kappa shape index (κ2) is 10.7. The van der Waals surface area contributed by atoms with Crippen LogP contribution >= 0.6 is 0 Å². The first-order chi connectivity index (χ1) is 15.8. The molecule has 1 aromatic heterocycles. The van der Waals surface area contributed by atoms with Gasteiger partial charge in [-0.15, -0.1) is 0 Å². The van der Waals surface area contributed by atoms with Crippen LogP contribution in [0.15, 0.2) is 54.7 Å². The van der Waals surface area contributed by atoms with Gasteiger partial charge in [0.2, 0.25) is 0 Å². The molecule has 2 aromatic carbocycles. The highest BCUT2D eigenvalue weighted by atomic mass is 19.4. The molecule has 1 heterocycles. The number of carboxylic acid groups (broad SMARTS) is 1. The fourth-order valence-corrected chi connectivity index (χ4v) is 3.35. The highest BCUT2D eigenvalue weighted by Crippen LogP contribution is 2.31. The lowest BCUT2D eigenvalue weighted by Gasteiger charge is -2.14. The topological polar surface area (TPSA) is 88.1 Å². The molecule has 0 unspecified atom stereocenters. The predicted octanol–water partition coefficient (Wildman–Crippen LogP) is 5.51. The van der Waals surface area contributed by atoms with Crippen LogP contribution in [0.25, 0.3) is 11.4 Å². The maximum absolute atomic E-state index is 12.9. The number of para-hydroxylation sites is 1. The summed E-state index contributed by atoms with van der Waals surface area (Å²) < 4.78 is 46.2. The molecule has 33 heavy (non-hydrogen) atoms. The molecule has 0 aliphatic carbocycles. The van der Waals surface area contributed by atoms with E-state index in [0.717, 1.165) is 24.1 Å². The first-order valence-corrected chi connectivity index (χ1v) is 10.4. The predicted molar refractivity (Wildman–Crippen MR) is 115 cm³/mol. The summed E-state index contributed by atoms with van der Waals surface area (Å²) in [5, 5.41) is 18.2. The summed E-state index contributed by atoms with van der Waals surface area (Å²) in [6.45, 7) is 0.659. The van der Waals surface area contributed by atoms with Crippen molar-refractivity contribution in [2.45, 2.75) is 38.4 Å². The molecule has 1 N–H and O–H groups in total. The third-order valence-corrected chi connectivity index (χ3v) is 5.03. The van der Waals surface area contributed by atoms with Crippen LogP contribution in [0.5, 0.6) is 5.75 Å². The van der Waals surface area contributed by atoms with E-state index in [2.05, 4.69) is 11.1 Å². The molecule has 0 aliphatic heterocycles. The van der Waals surface area contributed by atoms with Crippen molar-refractivity contribution in [1.82, 2.24) is 9.55 Å². The number of imidazole rings is 1. The van der Waals surface area contributed by atoms with E-state index in [0.29, 0.717) is 36.6 Å². The number of ether oxygens (including phenoxy) is 1. The van der Waals surface area contributed by atoms with Crippen LogP contribution in [0.3, 0.4) is 0 Å². The number of carboxylic acids is 1. The summed E-state index contributed by atoms with van der Waals surface area (Å²) >= 11 is 0. The van der Waals surface area contributed by atoms with Crippen LogP contribution in [-0.4, -0.2) is 27.2 Å². The lowest BCUT2D eigenvalue weighted by Crippen LogP contribution is -2.08. The summed E-state index contributed by atoms with van der Waals surface area (Å²) in [5.74, 6) is 0.175. The molecule has 0 saturated carbocycles. The van der Waals surface area contributed by atoms with E-state index >= 15 is 0 Å². The second-order valence-electron chi connectivity index (χ2n) is 7.40. The van der Waals surface area contributed by atoms with E-state index in [1.807, 2.05) is 18.2 Å². The molecule has 0 bridgehead atoms. The molecular formula is C24H22F3N3O3. The highest BCUT2D eigenvalue weighted by Gasteiger charge is 2.30. The van der Waals surface area contributed by atoms with E-state index in [-0.39, 0.29) is 18.7 Å². The van der Waals surface area contributed by atoms with Crippen LogP contribution in [0, 0.1) is 11.3 Å². The summed E-state index contributed by atoms with van der Waals surface area (Å²) in [6.07, 6.45) is -0.910. The number of hydrogen-bond acceptors (Lipinski definition) is 4. The van der Waals surface area contributed by atoms with Crippen LogP contribution < -0.4 is 4.74 Å². The number of hydrogen-bond donors (Lipinski definition) is 1. The Morgan fingerprint density at radius 2 is 1.82 bits per heavy atom. The maximum atomic E-state index is 12.9. The number of carbonyl (C=O) groups is 1. The Labute approximate surface area is 188 Å². The molecular weight excluding hydrogens is 435 g/mol. The zero-order chi connectivity index (χ0) is 23.8. The zero-order valence-electron chi connectivity index (χ0n) is 17.7. The minimum atomic E-state index is -4.43. The van der Waals surface area contributed by atoms with Crippen molar-refractivity contribution in [3.8, 4) is 23.2 Å². The standard InChI is InChI=1S/C24H22F3N3O3/c25-24(26,27)19-11-9-17(10-12-19)23-29-15-20(14-28)30(23)16-18-6-3-4-7-21(18)33-13-5-1-2-8-22(31)32/h3-4,6-7,9-12,15H,1-2,5,8,13,16H2,(H,31,32). The van der Waals surface area contributed by atoms with Gasteiger partial charge < -0.3 is 14.4 Å². The van der Waals surface area contributed by atoms with Crippen molar-refractivity contribution >= 4 is 5.97 Å². The number of halogens is 3. The van der Waals surface area contributed by atoms with Gasteiger partial charge in [0.1, 0.15) is 23.3 Å².